The van der Waals surface area contributed by atoms with Crippen LogP contribution in [0.25, 0.3) is 0 Å². The maximum Gasteiger partial charge on any atom is 0.173 e. The van der Waals surface area contributed by atoms with E-state index < -0.39 is 0 Å². The van der Waals surface area contributed by atoms with Crippen molar-refractivity contribution in [1.29, 1.82) is 0 Å². The molecule has 0 aromatic carbocycles. The van der Waals surface area contributed by atoms with Gasteiger partial charge in [-0.3, -0.25) is 0 Å². The molecular weight excluding hydrogens is 336 g/mol. The maximum absolute atomic E-state index is 10.8. The molecule has 1 saturated heterocycles. The lowest BCUT2D eigenvalue weighted by Crippen LogP contribution is -2.61. The Morgan fingerprint density at radius 2 is 1.81 bits per heavy atom. The lowest BCUT2D eigenvalue weighted by molar-refractivity contribution is -0.284. The minimum atomic E-state index is -0.386. The lowest BCUT2D eigenvalue weighted by atomic mass is 9.42. The molecule has 0 bridgehead atoms. The molecule has 1 aliphatic heterocycles. The van der Waals surface area contributed by atoms with Gasteiger partial charge in [-0.1, -0.05) is 51.0 Å². The molecule has 3 atom stereocenters. The van der Waals surface area contributed by atoms with E-state index in [1.54, 1.807) is 11.1 Å². The van der Waals surface area contributed by atoms with Gasteiger partial charge in [0, 0.05) is 23.7 Å². The van der Waals surface area contributed by atoms with E-state index in [1.165, 1.54) is 12.8 Å². The van der Waals surface area contributed by atoms with Gasteiger partial charge in [0.2, 0.25) is 0 Å². The number of hydrogen-bond acceptors (Lipinski definition) is 3. The van der Waals surface area contributed by atoms with Crippen molar-refractivity contribution in [3.05, 3.63) is 23.3 Å². The SMILES string of the molecule is CC12CC[C@H]3C(C)(C)C4(CC[C@]3(C)C1=CCCC2=CCCC=O)OCCO4. The van der Waals surface area contributed by atoms with Gasteiger partial charge in [-0.15, -0.1) is 0 Å². The summed E-state index contributed by atoms with van der Waals surface area (Å²) < 4.78 is 12.5. The second-order valence-electron chi connectivity index (χ2n) is 10.1. The molecule has 1 unspecified atom stereocenters. The molecule has 27 heavy (non-hydrogen) atoms. The van der Waals surface area contributed by atoms with Crippen LogP contribution in [-0.4, -0.2) is 25.3 Å². The molecule has 150 valence electrons. The molecule has 3 heteroatoms. The summed E-state index contributed by atoms with van der Waals surface area (Å²) in [5.41, 5.74) is 3.63. The Balaban J connectivity index is 1.70. The van der Waals surface area contributed by atoms with Crippen LogP contribution in [0.15, 0.2) is 23.3 Å². The number of allylic oxidation sites excluding steroid dienone is 4. The van der Waals surface area contributed by atoms with Crippen LogP contribution in [0.1, 0.15) is 79.1 Å². The standard InChI is InChI=1S/C24H36O3/c1-21(2)19-11-12-22(3)18(8-5-6-15-25)9-7-10-20(22)23(19,4)13-14-24(21)26-16-17-27-24/h8,10,15,19H,5-7,9,11-14,16-17H2,1-4H3/t19-,22?,23-/m0/s1. The Labute approximate surface area is 164 Å². The number of ether oxygens (including phenoxy) is 2. The summed E-state index contributed by atoms with van der Waals surface area (Å²) >= 11 is 0. The zero-order chi connectivity index (χ0) is 19.3. The number of carbonyl (C=O) groups is 1. The largest absolute Gasteiger partial charge is 0.347 e. The summed E-state index contributed by atoms with van der Waals surface area (Å²) in [7, 11) is 0. The van der Waals surface area contributed by atoms with Gasteiger partial charge < -0.3 is 14.3 Å². The number of fused-ring (bicyclic) bond motifs is 3. The Hall–Kier alpha value is -0.930. The number of hydrogen-bond donors (Lipinski definition) is 0. The van der Waals surface area contributed by atoms with E-state index in [1.807, 2.05) is 0 Å². The Morgan fingerprint density at radius 1 is 1.07 bits per heavy atom. The summed E-state index contributed by atoms with van der Waals surface area (Å²) in [5, 5.41) is 0. The third-order valence-electron chi connectivity index (χ3n) is 8.64. The maximum atomic E-state index is 10.8. The van der Waals surface area contributed by atoms with E-state index >= 15 is 0 Å². The summed E-state index contributed by atoms with van der Waals surface area (Å²) in [6, 6.07) is 0. The molecule has 3 nitrogen and oxygen atoms in total. The van der Waals surface area contributed by atoms with Crippen molar-refractivity contribution in [3.63, 3.8) is 0 Å². The molecular formula is C24H36O3. The minimum absolute atomic E-state index is 0.0114. The van der Waals surface area contributed by atoms with Crippen molar-refractivity contribution in [1.82, 2.24) is 0 Å². The van der Waals surface area contributed by atoms with Crippen LogP contribution >= 0.6 is 0 Å². The molecule has 0 radical (unpaired) electrons. The van der Waals surface area contributed by atoms with Gasteiger partial charge >= 0.3 is 0 Å². The fraction of sp³-hybridized carbons (Fsp3) is 0.792. The summed E-state index contributed by atoms with van der Waals surface area (Å²) in [4.78, 5) is 10.8. The highest BCUT2D eigenvalue weighted by Crippen LogP contribution is 2.69. The van der Waals surface area contributed by atoms with Crippen LogP contribution in [0.4, 0.5) is 0 Å². The van der Waals surface area contributed by atoms with Gasteiger partial charge in [-0.2, -0.15) is 0 Å². The molecule has 4 aliphatic rings. The zero-order valence-electron chi connectivity index (χ0n) is 17.6. The molecule has 3 fully saturated rings. The van der Waals surface area contributed by atoms with Crippen molar-refractivity contribution in [2.75, 3.05) is 13.2 Å². The monoisotopic (exact) mass is 372 g/mol. The summed E-state index contributed by atoms with van der Waals surface area (Å²) in [6.07, 6.45) is 14.4. The smallest absolute Gasteiger partial charge is 0.173 e. The zero-order valence-corrected chi connectivity index (χ0v) is 17.6. The van der Waals surface area contributed by atoms with Gasteiger partial charge in [-0.05, 0) is 49.9 Å². The predicted octanol–water partition coefficient (Wildman–Crippen LogP) is 5.60. The highest BCUT2D eigenvalue weighted by molar-refractivity contribution is 5.49. The first-order valence-corrected chi connectivity index (χ1v) is 10.9. The molecule has 1 spiro atoms. The first-order chi connectivity index (χ1) is 12.8. The highest BCUT2D eigenvalue weighted by Gasteiger charge is 2.65. The van der Waals surface area contributed by atoms with E-state index in [9.17, 15) is 4.79 Å². The number of rotatable bonds is 3. The van der Waals surface area contributed by atoms with E-state index in [-0.39, 0.29) is 22.0 Å². The molecule has 0 N–H and O–H groups in total. The summed E-state index contributed by atoms with van der Waals surface area (Å²) in [5.74, 6) is 0.188. The third kappa shape index (κ3) is 2.64. The molecule has 0 aromatic heterocycles. The second-order valence-corrected chi connectivity index (χ2v) is 10.1. The number of aldehydes is 1. The van der Waals surface area contributed by atoms with Crippen molar-refractivity contribution < 1.29 is 14.3 Å². The van der Waals surface area contributed by atoms with E-state index in [4.69, 9.17) is 9.47 Å². The predicted molar refractivity (Wildman–Crippen MR) is 107 cm³/mol. The quantitative estimate of drug-likeness (QED) is 0.367. The second kappa shape index (κ2) is 6.56. The first-order valence-electron chi connectivity index (χ1n) is 10.9. The highest BCUT2D eigenvalue weighted by atomic mass is 16.7. The van der Waals surface area contributed by atoms with Gasteiger partial charge in [0.05, 0.1) is 13.2 Å². The Bertz CT molecular complexity index is 667. The molecule has 3 aliphatic carbocycles. The van der Waals surface area contributed by atoms with Crippen LogP contribution in [0.2, 0.25) is 0 Å². The van der Waals surface area contributed by atoms with Crippen molar-refractivity contribution in [2.45, 2.75) is 84.8 Å². The minimum Gasteiger partial charge on any atom is -0.347 e. The van der Waals surface area contributed by atoms with Gasteiger partial charge in [0.15, 0.2) is 5.79 Å². The topological polar surface area (TPSA) is 35.5 Å². The van der Waals surface area contributed by atoms with E-state index in [0.29, 0.717) is 12.3 Å². The fourth-order valence-electron chi connectivity index (χ4n) is 7.25. The van der Waals surface area contributed by atoms with Gasteiger partial charge in [0.1, 0.15) is 6.29 Å². The van der Waals surface area contributed by atoms with Crippen LogP contribution in [0.5, 0.6) is 0 Å². The van der Waals surface area contributed by atoms with Gasteiger partial charge in [-0.25, -0.2) is 0 Å². The van der Waals surface area contributed by atoms with Crippen LogP contribution in [0.3, 0.4) is 0 Å². The normalized spacial score (nSPS) is 41.1. The number of carbonyl (C=O) groups excluding carboxylic acids is 1. The van der Waals surface area contributed by atoms with Crippen molar-refractivity contribution >= 4 is 6.29 Å². The molecule has 1 heterocycles. The van der Waals surface area contributed by atoms with Crippen LogP contribution < -0.4 is 0 Å². The molecule has 4 rings (SSSR count). The first kappa shape index (κ1) is 19.4. The lowest BCUT2D eigenvalue weighted by Gasteiger charge is -2.64. The number of unbranched alkanes of at least 4 members (excludes halogenated alkanes) is 1. The van der Waals surface area contributed by atoms with E-state index in [0.717, 1.165) is 51.6 Å². The molecule has 0 aromatic rings. The van der Waals surface area contributed by atoms with Crippen LogP contribution in [-0.2, 0) is 14.3 Å². The van der Waals surface area contributed by atoms with E-state index in [2.05, 4.69) is 39.8 Å². The molecule has 2 saturated carbocycles. The Morgan fingerprint density at radius 3 is 2.52 bits per heavy atom. The average Bonchev–Trinajstić information content (AvgIpc) is 3.11. The van der Waals surface area contributed by atoms with Crippen molar-refractivity contribution in [2.24, 2.45) is 22.2 Å². The average molecular weight is 373 g/mol. The summed E-state index contributed by atoms with van der Waals surface area (Å²) in [6.45, 7) is 11.2. The fourth-order valence-corrected chi connectivity index (χ4v) is 7.25. The van der Waals surface area contributed by atoms with Crippen LogP contribution in [0, 0.1) is 22.2 Å². The van der Waals surface area contributed by atoms with Crippen molar-refractivity contribution in [3.8, 4) is 0 Å². The third-order valence-corrected chi connectivity index (χ3v) is 8.64. The van der Waals surface area contributed by atoms with Gasteiger partial charge in [0.25, 0.3) is 0 Å². The molecule has 0 amide bonds. The Kier molecular flexibility index (Phi) is 4.71.